The second-order valence-corrected chi connectivity index (χ2v) is 10.1. The third-order valence-corrected chi connectivity index (χ3v) is 7.89. The molecule has 0 saturated carbocycles. The van der Waals surface area contributed by atoms with Gasteiger partial charge in [-0.05, 0) is 54.4 Å². The van der Waals surface area contributed by atoms with E-state index in [1.165, 1.54) is 16.6 Å². The van der Waals surface area contributed by atoms with Crippen LogP contribution in [0.4, 0.5) is 15.1 Å². The average Bonchev–Trinajstić information content (AvgIpc) is 3.32. The summed E-state index contributed by atoms with van der Waals surface area (Å²) in [5.74, 6) is -0.380. The lowest BCUT2D eigenvalue weighted by molar-refractivity contribution is 0.102. The van der Waals surface area contributed by atoms with Crippen molar-refractivity contribution in [1.29, 1.82) is 0 Å². The van der Waals surface area contributed by atoms with Crippen LogP contribution in [0.5, 0.6) is 0 Å². The van der Waals surface area contributed by atoms with Gasteiger partial charge in [-0.15, -0.1) is 11.3 Å². The molecule has 1 aromatic heterocycles. The lowest BCUT2D eigenvalue weighted by Gasteiger charge is -2.40. The van der Waals surface area contributed by atoms with E-state index in [-0.39, 0.29) is 17.8 Å². The number of aryl methyl sites for hydroxylation is 1. The van der Waals surface area contributed by atoms with E-state index in [0.717, 1.165) is 48.7 Å². The van der Waals surface area contributed by atoms with Crippen LogP contribution < -0.4 is 10.2 Å². The van der Waals surface area contributed by atoms with E-state index in [1.807, 2.05) is 42.5 Å². The fraction of sp³-hybridized carbons (Fsp3) is 0.233. The molecule has 184 valence electrons. The number of nitrogens with zero attached hydrogens (tertiary/aromatic N) is 2. The molecule has 0 radical (unpaired) electrons. The van der Waals surface area contributed by atoms with Crippen LogP contribution in [0.3, 0.4) is 0 Å². The summed E-state index contributed by atoms with van der Waals surface area (Å²) in [5, 5.41) is 4.00. The minimum Gasteiger partial charge on any atom is -0.369 e. The predicted molar refractivity (Wildman–Crippen MR) is 147 cm³/mol. The fourth-order valence-electron chi connectivity index (χ4n) is 4.84. The fourth-order valence-corrected chi connectivity index (χ4v) is 5.86. The lowest BCUT2D eigenvalue weighted by Crippen LogP contribution is -2.48. The minimum atomic E-state index is -0.249. The van der Waals surface area contributed by atoms with Gasteiger partial charge in [0.15, 0.2) is 0 Å². The summed E-state index contributed by atoms with van der Waals surface area (Å²) in [6.45, 7) is 5.55. The monoisotopic (exact) mass is 499 g/mol. The van der Waals surface area contributed by atoms with Crippen LogP contribution >= 0.6 is 11.3 Å². The third-order valence-electron chi connectivity index (χ3n) is 6.68. The van der Waals surface area contributed by atoms with E-state index in [4.69, 9.17) is 0 Å². The number of benzene rings is 3. The van der Waals surface area contributed by atoms with Gasteiger partial charge in [0.25, 0.3) is 5.91 Å². The number of piperazine rings is 1. The Morgan fingerprint density at radius 3 is 2.28 bits per heavy atom. The van der Waals surface area contributed by atoms with Crippen LogP contribution in [0.2, 0.25) is 0 Å². The smallest absolute Gasteiger partial charge is 0.256 e. The Morgan fingerprint density at radius 1 is 0.917 bits per heavy atom. The van der Waals surface area contributed by atoms with E-state index in [1.54, 1.807) is 23.5 Å². The van der Waals surface area contributed by atoms with Crippen LogP contribution in [0.25, 0.3) is 0 Å². The molecule has 0 bridgehead atoms. The number of nitrogens with one attached hydrogen (secondary N) is 1. The summed E-state index contributed by atoms with van der Waals surface area (Å²) in [5.41, 5.74) is 3.77. The molecule has 2 heterocycles. The van der Waals surface area contributed by atoms with Crippen LogP contribution in [0.15, 0.2) is 91.0 Å². The molecule has 1 N–H and O–H groups in total. The highest BCUT2D eigenvalue weighted by atomic mass is 32.1. The van der Waals surface area contributed by atoms with E-state index in [2.05, 4.69) is 52.4 Å². The van der Waals surface area contributed by atoms with Gasteiger partial charge in [-0.1, -0.05) is 55.5 Å². The molecule has 6 heteroatoms. The summed E-state index contributed by atoms with van der Waals surface area (Å²) in [6, 6.07) is 28.6. The molecule has 0 aliphatic carbocycles. The topological polar surface area (TPSA) is 35.6 Å². The molecule has 36 heavy (non-hydrogen) atoms. The number of para-hydroxylation sites is 1. The van der Waals surface area contributed by atoms with Crippen molar-refractivity contribution in [1.82, 2.24) is 4.90 Å². The molecular formula is C30H30FN3OS. The van der Waals surface area contributed by atoms with Gasteiger partial charge in [-0.3, -0.25) is 9.69 Å². The van der Waals surface area contributed by atoms with Gasteiger partial charge in [-0.25, -0.2) is 4.39 Å². The standard InChI is InChI=1S/C30H30FN3OS/c1-2-26-21-27(30(36-26)32-29(35)22-10-5-3-6-11-22)28(23-12-9-13-24(31)20-23)34-18-16-33(17-19-34)25-14-7-4-8-15-25/h3-15,20-21,28H,2,16-19H2,1H3,(H,32,35)/t28-/m0/s1. The highest BCUT2D eigenvalue weighted by Crippen LogP contribution is 2.40. The number of carbonyl (C=O) groups is 1. The zero-order chi connectivity index (χ0) is 24.9. The molecule has 5 rings (SSSR count). The normalized spacial score (nSPS) is 15.0. The first-order valence-electron chi connectivity index (χ1n) is 12.4. The number of amides is 1. The SMILES string of the molecule is CCc1cc([C@H](c2cccc(F)c2)N2CCN(c3ccccc3)CC2)c(NC(=O)c2ccccc2)s1. The van der Waals surface area contributed by atoms with Crippen LogP contribution in [0, 0.1) is 5.82 Å². The minimum absolute atomic E-state index is 0.131. The zero-order valence-corrected chi connectivity index (χ0v) is 21.2. The maximum absolute atomic E-state index is 14.4. The van der Waals surface area contributed by atoms with Gasteiger partial charge in [0.2, 0.25) is 0 Å². The number of halogens is 1. The molecular weight excluding hydrogens is 469 g/mol. The van der Waals surface area contributed by atoms with Gasteiger partial charge in [0.1, 0.15) is 10.8 Å². The van der Waals surface area contributed by atoms with Gasteiger partial charge >= 0.3 is 0 Å². The molecule has 1 amide bonds. The quantitative estimate of drug-likeness (QED) is 0.311. The molecule has 0 spiro atoms. The van der Waals surface area contributed by atoms with Crippen molar-refractivity contribution >= 4 is 27.9 Å². The zero-order valence-electron chi connectivity index (χ0n) is 20.4. The molecule has 1 aliphatic rings. The van der Waals surface area contributed by atoms with Crippen LogP contribution in [-0.2, 0) is 6.42 Å². The second-order valence-electron chi connectivity index (χ2n) is 8.99. The number of hydrogen-bond acceptors (Lipinski definition) is 4. The Balaban J connectivity index is 1.47. The first-order valence-corrected chi connectivity index (χ1v) is 13.2. The van der Waals surface area contributed by atoms with Crippen molar-refractivity contribution in [3.05, 3.63) is 118 Å². The van der Waals surface area contributed by atoms with E-state index < -0.39 is 0 Å². The summed E-state index contributed by atoms with van der Waals surface area (Å²) < 4.78 is 14.4. The van der Waals surface area contributed by atoms with Crippen LogP contribution in [-0.4, -0.2) is 37.0 Å². The summed E-state index contributed by atoms with van der Waals surface area (Å²) in [4.78, 5) is 19.1. The average molecular weight is 500 g/mol. The number of thiophene rings is 1. The molecule has 4 aromatic rings. The molecule has 1 atom stereocenters. The van der Waals surface area contributed by atoms with E-state index >= 15 is 0 Å². The highest BCUT2D eigenvalue weighted by molar-refractivity contribution is 7.16. The third kappa shape index (κ3) is 5.35. The first kappa shape index (κ1) is 24.2. The summed E-state index contributed by atoms with van der Waals surface area (Å²) >= 11 is 1.61. The maximum atomic E-state index is 14.4. The highest BCUT2D eigenvalue weighted by Gasteiger charge is 2.30. The second kappa shape index (κ2) is 11.1. The largest absolute Gasteiger partial charge is 0.369 e. The van der Waals surface area contributed by atoms with Crippen molar-refractivity contribution in [2.75, 3.05) is 36.4 Å². The number of rotatable bonds is 7. The molecule has 1 aliphatic heterocycles. The Bertz CT molecular complexity index is 1300. The van der Waals surface area contributed by atoms with E-state index in [0.29, 0.717) is 5.56 Å². The Hall–Kier alpha value is -3.48. The van der Waals surface area contributed by atoms with Crippen molar-refractivity contribution in [2.45, 2.75) is 19.4 Å². The van der Waals surface area contributed by atoms with Gasteiger partial charge < -0.3 is 10.2 Å². The first-order chi connectivity index (χ1) is 17.6. The Labute approximate surface area is 216 Å². The Kier molecular flexibility index (Phi) is 7.44. The van der Waals surface area contributed by atoms with Gasteiger partial charge in [0, 0.05) is 47.9 Å². The van der Waals surface area contributed by atoms with Crippen molar-refractivity contribution in [3.63, 3.8) is 0 Å². The summed E-state index contributed by atoms with van der Waals surface area (Å²) in [6.07, 6.45) is 0.872. The summed E-state index contributed by atoms with van der Waals surface area (Å²) in [7, 11) is 0. The van der Waals surface area contributed by atoms with Crippen molar-refractivity contribution < 1.29 is 9.18 Å². The number of carbonyl (C=O) groups excluding carboxylic acids is 1. The Morgan fingerprint density at radius 2 is 1.61 bits per heavy atom. The van der Waals surface area contributed by atoms with Crippen molar-refractivity contribution in [2.24, 2.45) is 0 Å². The van der Waals surface area contributed by atoms with Crippen molar-refractivity contribution in [3.8, 4) is 0 Å². The molecule has 1 fully saturated rings. The van der Waals surface area contributed by atoms with Gasteiger partial charge in [-0.2, -0.15) is 0 Å². The van der Waals surface area contributed by atoms with E-state index in [9.17, 15) is 9.18 Å². The van der Waals surface area contributed by atoms with Crippen LogP contribution in [0.1, 0.15) is 39.3 Å². The number of hydrogen-bond donors (Lipinski definition) is 1. The maximum Gasteiger partial charge on any atom is 0.256 e. The predicted octanol–water partition coefficient (Wildman–Crippen LogP) is 6.61. The molecule has 3 aromatic carbocycles. The van der Waals surface area contributed by atoms with Gasteiger partial charge in [0.05, 0.1) is 6.04 Å². The molecule has 1 saturated heterocycles. The molecule has 4 nitrogen and oxygen atoms in total. The lowest BCUT2D eigenvalue weighted by atomic mass is 9.97. The molecule has 0 unspecified atom stereocenters. The number of anilines is 2.